The van der Waals surface area contributed by atoms with Crippen LogP contribution in [0.2, 0.25) is 0 Å². The predicted octanol–water partition coefficient (Wildman–Crippen LogP) is 0.618. The zero-order valence-corrected chi connectivity index (χ0v) is 12.6. The molecule has 0 radical (unpaired) electrons. The van der Waals surface area contributed by atoms with Crippen LogP contribution in [-0.4, -0.2) is 40.2 Å². The Hall–Kier alpha value is -2.62. The van der Waals surface area contributed by atoms with Crippen LogP contribution >= 0.6 is 0 Å². The molecule has 0 unspecified atom stereocenters. The molecule has 1 rings (SSSR count). The van der Waals surface area contributed by atoms with E-state index in [-0.39, 0.29) is 12.2 Å². The maximum Gasteiger partial charge on any atom is 0.415 e. The van der Waals surface area contributed by atoms with E-state index in [0.717, 1.165) is 13.2 Å². The van der Waals surface area contributed by atoms with Crippen molar-refractivity contribution in [2.75, 3.05) is 13.7 Å². The lowest BCUT2D eigenvalue weighted by atomic mass is 10.2. The molecule has 9 nitrogen and oxygen atoms in total. The number of alkyl carbamates (subject to hydrolysis) is 1. The minimum atomic E-state index is -4.38. The van der Waals surface area contributed by atoms with Crippen molar-refractivity contribution in [1.29, 1.82) is 0 Å². The maximum absolute atomic E-state index is 12.1. The van der Waals surface area contributed by atoms with Gasteiger partial charge in [0.05, 0.1) is 19.3 Å². The minimum absolute atomic E-state index is 0.0109. The van der Waals surface area contributed by atoms with Crippen LogP contribution in [-0.2, 0) is 19.5 Å². The van der Waals surface area contributed by atoms with Crippen LogP contribution in [0.15, 0.2) is 29.2 Å². The highest BCUT2D eigenvalue weighted by Gasteiger charge is 2.25. The molecule has 0 spiro atoms. The van der Waals surface area contributed by atoms with Gasteiger partial charge in [-0.3, -0.25) is 0 Å². The number of benzene rings is 1. The number of carbonyl (C=O) groups excluding carboxylic acids is 3. The molecule has 22 heavy (non-hydrogen) atoms. The Balaban J connectivity index is 2.99. The van der Waals surface area contributed by atoms with E-state index < -0.39 is 33.0 Å². The Bertz CT molecular complexity index is 684. The predicted molar refractivity (Wildman–Crippen MR) is 73.7 cm³/mol. The topological polar surface area (TPSA) is 128 Å². The number of nitrogens with one attached hydrogen (secondary N) is 2. The number of hydrogen-bond acceptors (Lipinski definition) is 7. The van der Waals surface area contributed by atoms with Gasteiger partial charge in [-0.2, -0.15) is 0 Å². The Labute approximate surface area is 126 Å². The lowest BCUT2D eigenvalue weighted by Gasteiger charge is -2.10. The Kier molecular flexibility index (Phi) is 5.87. The standard InChI is InChI=1S/C12H14N2O7S/c1-3-21-12(17)13-11(16)14-22(18,19)9-7-5-4-6-8(9)10(15)20-2/h4-7H,3H2,1-2H3,(H2,13,14,16,17). The van der Waals surface area contributed by atoms with E-state index in [4.69, 9.17) is 0 Å². The SMILES string of the molecule is CCOC(=O)NC(=O)NS(=O)(=O)c1ccccc1C(=O)OC. The molecule has 0 fully saturated rings. The number of sulfonamides is 1. The smallest absolute Gasteiger partial charge is 0.415 e. The number of methoxy groups -OCH3 is 1. The molecule has 0 aliphatic heterocycles. The van der Waals surface area contributed by atoms with Gasteiger partial charge < -0.3 is 9.47 Å². The van der Waals surface area contributed by atoms with Crippen LogP contribution in [0.1, 0.15) is 17.3 Å². The third kappa shape index (κ3) is 4.45. The summed E-state index contributed by atoms with van der Waals surface area (Å²) in [5.74, 6) is -0.883. The second-order valence-corrected chi connectivity index (χ2v) is 5.42. The molecule has 1 aromatic rings. The van der Waals surface area contributed by atoms with Crippen molar-refractivity contribution in [3.63, 3.8) is 0 Å². The number of amides is 3. The number of rotatable bonds is 4. The van der Waals surface area contributed by atoms with Crippen LogP contribution in [0, 0.1) is 0 Å². The van der Waals surface area contributed by atoms with E-state index >= 15 is 0 Å². The number of esters is 1. The molecule has 0 heterocycles. The van der Waals surface area contributed by atoms with Crippen LogP contribution in [0.4, 0.5) is 9.59 Å². The highest BCUT2D eigenvalue weighted by atomic mass is 32.2. The number of urea groups is 1. The van der Waals surface area contributed by atoms with Gasteiger partial charge in [-0.1, -0.05) is 12.1 Å². The van der Waals surface area contributed by atoms with Crippen molar-refractivity contribution >= 4 is 28.1 Å². The third-order valence-corrected chi connectivity index (χ3v) is 3.69. The van der Waals surface area contributed by atoms with Gasteiger partial charge in [0.25, 0.3) is 10.0 Å². The average molecular weight is 330 g/mol. The summed E-state index contributed by atoms with van der Waals surface area (Å²) < 4.78 is 34.7. The zero-order valence-electron chi connectivity index (χ0n) is 11.8. The monoisotopic (exact) mass is 330 g/mol. The van der Waals surface area contributed by atoms with E-state index in [1.807, 2.05) is 0 Å². The molecule has 0 aromatic heterocycles. The molecule has 120 valence electrons. The Morgan fingerprint density at radius 1 is 1.18 bits per heavy atom. The van der Waals surface area contributed by atoms with Crippen molar-refractivity contribution in [3.05, 3.63) is 29.8 Å². The quantitative estimate of drug-likeness (QED) is 0.774. The van der Waals surface area contributed by atoms with Crippen molar-refractivity contribution < 1.29 is 32.3 Å². The molecule has 0 bridgehead atoms. The van der Waals surface area contributed by atoms with Crippen LogP contribution in [0.3, 0.4) is 0 Å². The summed E-state index contributed by atoms with van der Waals surface area (Å²) in [5.41, 5.74) is -0.249. The van der Waals surface area contributed by atoms with E-state index in [1.165, 1.54) is 25.1 Å². The zero-order chi connectivity index (χ0) is 16.8. The molecular weight excluding hydrogens is 316 g/mol. The van der Waals surface area contributed by atoms with Crippen molar-refractivity contribution in [1.82, 2.24) is 10.0 Å². The first-order valence-electron chi connectivity index (χ1n) is 5.99. The molecule has 10 heteroatoms. The second-order valence-electron chi connectivity index (χ2n) is 3.77. The summed E-state index contributed by atoms with van der Waals surface area (Å²) in [5, 5.41) is 1.66. The first kappa shape index (κ1) is 17.4. The van der Waals surface area contributed by atoms with Crippen LogP contribution < -0.4 is 10.0 Å². The molecule has 0 atom stereocenters. The summed E-state index contributed by atoms with van der Waals surface area (Å²) >= 11 is 0. The molecule has 1 aromatic carbocycles. The highest BCUT2D eigenvalue weighted by Crippen LogP contribution is 2.16. The Morgan fingerprint density at radius 3 is 2.41 bits per heavy atom. The summed E-state index contributed by atoms with van der Waals surface area (Å²) in [6.45, 7) is 1.53. The minimum Gasteiger partial charge on any atom is -0.465 e. The summed E-state index contributed by atoms with van der Waals surface area (Å²) in [6.07, 6.45) is -1.10. The van der Waals surface area contributed by atoms with E-state index in [2.05, 4.69) is 9.47 Å². The fraction of sp³-hybridized carbons (Fsp3) is 0.250. The largest absolute Gasteiger partial charge is 0.465 e. The fourth-order valence-corrected chi connectivity index (χ4v) is 2.55. The molecular formula is C12H14N2O7S. The highest BCUT2D eigenvalue weighted by molar-refractivity contribution is 7.90. The van der Waals surface area contributed by atoms with Gasteiger partial charge in [0.15, 0.2) is 0 Å². The molecule has 3 amide bonds. The van der Waals surface area contributed by atoms with Crippen molar-refractivity contribution in [2.45, 2.75) is 11.8 Å². The number of carbonyl (C=O) groups is 3. The lowest BCUT2D eigenvalue weighted by molar-refractivity contribution is 0.0596. The van der Waals surface area contributed by atoms with E-state index in [0.29, 0.717) is 0 Å². The molecule has 2 N–H and O–H groups in total. The Morgan fingerprint density at radius 2 is 1.82 bits per heavy atom. The van der Waals surface area contributed by atoms with Crippen molar-refractivity contribution in [2.24, 2.45) is 0 Å². The van der Waals surface area contributed by atoms with Crippen LogP contribution in [0.5, 0.6) is 0 Å². The third-order valence-electron chi connectivity index (χ3n) is 2.30. The number of hydrogen-bond donors (Lipinski definition) is 2. The van der Waals surface area contributed by atoms with Gasteiger partial charge in [-0.05, 0) is 19.1 Å². The van der Waals surface area contributed by atoms with Gasteiger partial charge in [-0.25, -0.2) is 32.8 Å². The second kappa shape index (κ2) is 7.41. The fourth-order valence-electron chi connectivity index (χ4n) is 1.44. The van der Waals surface area contributed by atoms with Gasteiger partial charge in [0, 0.05) is 0 Å². The number of imide groups is 1. The van der Waals surface area contributed by atoms with Crippen LogP contribution in [0.25, 0.3) is 0 Å². The van der Waals surface area contributed by atoms with Gasteiger partial charge in [0.2, 0.25) is 0 Å². The first-order chi connectivity index (χ1) is 10.3. The first-order valence-corrected chi connectivity index (χ1v) is 7.48. The van der Waals surface area contributed by atoms with Gasteiger partial charge in [0.1, 0.15) is 4.90 Å². The normalized spacial score (nSPS) is 10.5. The van der Waals surface area contributed by atoms with Crippen molar-refractivity contribution in [3.8, 4) is 0 Å². The lowest BCUT2D eigenvalue weighted by Crippen LogP contribution is -2.42. The molecule has 0 aliphatic rings. The van der Waals surface area contributed by atoms with E-state index in [1.54, 1.807) is 10.0 Å². The maximum atomic E-state index is 12.1. The number of ether oxygens (including phenoxy) is 2. The average Bonchev–Trinajstić information content (AvgIpc) is 2.45. The van der Waals surface area contributed by atoms with E-state index in [9.17, 15) is 22.8 Å². The van der Waals surface area contributed by atoms with Gasteiger partial charge >= 0.3 is 18.1 Å². The summed E-state index contributed by atoms with van der Waals surface area (Å²) in [7, 11) is -3.29. The van der Waals surface area contributed by atoms with Gasteiger partial charge in [-0.15, -0.1) is 0 Å². The summed E-state index contributed by atoms with van der Waals surface area (Å²) in [4.78, 5) is 33.6. The molecule has 0 saturated heterocycles. The molecule has 0 saturated carbocycles. The summed E-state index contributed by atoms with van der Waals surface area (Å²) in [6, 6.07) is 3.84. The molecule has 0 aliphatic carbocycles.